The predicted molar refractivity (Wildman–Crippen MR) is 95.7 cm³/mol. The van der Waals surface area contributed by atoms with E-state index in [-0.39, 0.29) is 6.04 Å². The molecule has 0 heterocycles. The van der Waals surface area contributed by atoms with Crippen LogP contribution >= 0.6 is 34.2 Å². The van der Waals surface area contributed by atoms with Crippen LogP contribution in [0.4, 0.5) is 0 Å². The number of nitrogens with one attached hydrogen (secondary N) is 1. The minimum Gasteiger partial charge on any atom is -0.309 e. The summed E-state index contributed by atoms with van der Waals surface area (Å²) in [5, 5.41) is 4.22. The van der Waals surface area contributed by atoms with Crippen LogP contribution in [0.1, 0.15) is 33.9 Å². The van der Waals surface area contributed by atoms with E-state index in [4.69, 9.17) is 11.6 Å². The molecule has 0 aliphatic carbocycles. The molecule has 0 saturated carbocycles. The van der Waals surface area contributed by atoms with E-state index in [1.807, 2.05) is 13.1 Å². The van der Waals surface area contributed by atoms with Gasteiger partial charge in [0.05, 0.1) is 6.04 Å². The second-order valence-electron chi connectivity index (χ2n) is 5.20. The van der Waals surface area contributed by atoms with Crippen molar-refractivity contribution < 1.29 is 0 Å². The van der Waals surface area contributed by atoms with Gasteiger partial charge in [-0.25, -0.2) is 0 Å². The Bertz CT molecular complexity index is 614. The fraction of sp³-hybridized carbons (Fsp3) is 0.294. The Kier molecular flexibility index (Phi) is 5.10. The van der Waals surface area contributed by atoms with Crippen LogP contribution in [-0.4, -0.2) is 7.05 Å². The van der Waals surface area contributed by atoms with E-state index in [1.54, 1.807) is 0 Å². The monoisotopic (exact) mass is 399 g/mol. The molecule has 2 rings (SSSR count). The molecule has 3 heteroatoms. The van der Waals surface area contributed by atoms with Gasteiger partial charge in [0.15, 0.2) is 0 Å². The lowest BCUT2D eigenvalue weighted by molar-refractivity contribution is 0.680. The van der Waals surface area contributed by atoms with Crippen LogP contribution in [0, 0.1) is 24.3 Å². The third-order valence-corrected chi connectivity index (χ3v) is 4.80. The molecule has 0 aromatic heterocycles. The summed E-state index contributed by atoms with van der Waals surface area (Å²) in [7, 11) is 2.00. The molecule has 0 radical (unpaired) electrons. The summed E-state index contributed by atoms with van der Waals surface area (Å²) >= 11 is 8.55. The maximum absolute atomic E-state index is 6.18. The highest BCUT2D eigenvalue weighted by Gasteiger charge is 2.19. The fourth-order valence-corrected chi connectivity index (χ4v) is 3.67. The normalized spacial score (nSPS) is 12.5. The van der Waals surface area contributed by atoms with Crippen molar-refractivity contribution in [3.63, 3.8) is 0 Å². The molecule has 0 saturated heterocycles. The summed E-state index contributed by atoms with van der Waals surface area (Å²) in [6.45, 7) is 6.50. The van der Waals surface area contributed by atoms with Gasteiger partial charge in [-0.1, -0.05) is 29.3 Å². The number of hydrogen-bond donors (Lipinski definition) is 1. The molecule has 1 atom stereocenters. The van der Waals surface area contributed by atoms with Crippen molar-refractivity contribution in [1.29, 1.82) is 0 Å². The third kappa shape index (κ3) is 3.18. The van der Waals surface area contributed by atoms with Crippen LogP contribution in [0.2, 0.25) is 5.02 Å². The molecular weight excluding hydrogens is 381 g/mol. The zero-order valence-electron chi connectivity index (χ0n) is 12.2. The molecule has 1 unspecified atom stereocenters. The van der Waals surface area contributed by atoms with Crippen molar-refractivity contribution in [1.82, 2.24) is 5.32 Å². The highest BCUT2D eigenvalue weighted by molar-refractivity contribution is 14.1. The number of halogens is 2. The van der Waals surface area contributed by atoms with E-state index in [2.05, 4.69) is 72.9 Å². The molecule has 1 nitrogen and oxygen atoms in total. The van der Waals surface area contributed by atoms with Gasteiger partial charge in [0.1, 0.15) is 0 Å². The largest absolute Gasteiger partial charge is 0.309 e. The molecule has 2 aromatic carbocycles. The van der Waals surface area contributed by atoms with Gasteiger partial charge in [0.2, 0.25) is 0 Å². The van der Waals surface area contributed by atoms with Gasteiger partial charge >= 0.3 is 0 Å². The fourth-order valence-electron chi connectivity index (χ4n) is 2.84. The molecular formula is C17H19ClIN. The topological polar surface area (TPSA) is 12.0 Å². The zero-order valence-corrected chi connectivity index (χ0v) is 15.1. The summed E-state index contributed by atoms with van der Waals surface area (Å²) < 4.78 is 1.23. The second-order valence-corrected chi connectivity index (χ2v) is 6.80. The molecule has 1 N–H and O–H groups in total. The first-order chi connectivity index (χ1) is 9.43. The summed E-state index contributed by atoms with van der Waals surface area (Å²) in [5.74, 6) is 0. The quantitative estimate of drug-likeness (QED) is 0.701. The molecule has 0 spiro atoms. The average molecular weight is 400 g/mol. The molecule has 2 aromatic rings. The van der Waals surface area contributed by atoms with Crippen LogP contribution < -0.4 is 5.32 Å². The maximum atomic E-state index is 6.18. The van der Waals surface area contributed by atoms with Gasteiger partial charge in [-0.2, -0.15) is 0 Å². The lowest BCUT2D eigenvalue weighted by atomic mass is 9.90. The summed E-state index contributed by atoms with van der Waals surface area (Å²) in [6.07, 6.45) is 0. The highest BCUT2D eigenvalue weighted by Crippen LogP contribution is 2.32. The maximum Gasteiger partial charge on any atom is 0.0590 e. The van der Waals surface area contributed by atoms with E-state index in [0.717, 1.165) is 5.02 Å². The summed E-state index contributed by atoms with van der Waals surface area (Å²) in [5.41, 5.74) is 6.52. The molecule has 20 heavy (non-hydrogen) atoms. The van der Waals surface area contributed by atoms with Gasteiger partial charge < -0.3 is 5.32 Å². The van der Waals surface area contributed by atoms with E-state index in [9.17, 15) is 0 Å². The van der Waals surface area contributed by atoms with Crippen LogP contribution in [0.15, 0.2) is 30.3 Å². The number of benzene rings is 2. The van der Waals surface area contributed by atoms with E-state index >= 15 is 0 Å². The van der Waals surface area contributed by atoms with Crippen molar-refractivity contribution in [3.05, 3.63) is 66.7 Å². The number of rotatable bonds is 3. The Morgan fingerprint density at radius 3 is 2.20 bits per heavy atom. The lowest BCUT2D eigenvalue weighted by Gasteiger charge is -2.23. The molecule has 0 fully saturated rings. The Balaban J connectivity index is 2.61. The Morgan fingerprint density at radius 1 is 1.05 bits per heavy atom. The van der Waals surface area contributed by atoms with Gasteiger partial charge in [-0.3, -0.25) is 0 Å². The van der Waals surface area contributed by atoms with E-state index < -0.39 is 0 Å². The smallest absolute Gasteiger partial charge is 0.0590 e. The Hall–Kier alpha value is -0.580. The van der Waals surface area contributed by atoms with Crippen molar-refractivity contribution >= 4 is 34.2 Å². The zero-order chi connectivity index (χ0) is 14.9. The van der Waals surface area contributed by atoms with Crippen LogP contribution in [0.25, 0.3) is 0 Å². The molecule has 0 bridgehead atoms. The van der Waals surface area contributed by atoms with E-state index in [0.29, 0.717) is 0 Å². The van der Waals surface area contributed by atoms with Crippen molar-refractivity contribution in [2.75, 3.05) is 7.05 Å². The first kappa shape index (κ1) is 15.8. The number of aryl methyl sites for hydroxylation is 3. The molecule has 106 valence electrons. The predicted octanol–water partition coefficient (Wildman–Crippen LogP) is 5.18. The summed E-state index contributed by atoms with van der Waals surface area (Å²) in [4.78, 5) is 0. The lowest BCUT2D eigenvalue weighted by Crippen LogP contribution is -2.21. The molecule has 0 aliphatic rings. The Labute approximate surface area is 139 Å². The first-order valence-electron chi connectivity index (χ1n) is 6.64. The SMILES string of the molecule is CNC(c1cc(Cl)ccc1I)c1c(C)cc(C)cc1C. The van der Waals surface area contributed by atoms with Gasteiger partial charge in [-0.05, 0) is 90.9 Å². The van der Waals surface area contributed by atoms with Gasteiger partial charge in [0, 0.05) is 8.59 Å². The standard InChI is InChI=1S/C17H19ClIN/c1-10-7-11(2)16(12(3)8-10)17(20-4)14-9-13(18)5-6-15(14)19/h5-9,17,20H,1-4H3. The average Bonchev–Trinajstić information content (AvgIpc) is 2.37. The molecule has 0 amide bonds. The van der Waals surface area contributed by atoms with Crippen LogP contribution in [-0.2, 0) is 0 Å². The van der Waals surface area contributed by atoms with Crippen LogP contribution in [0.5, 0.6) is 0 Å². The van der Waals surface area contributed by atoms with Crippen LogP contribution in [0.3, 0.4) is 0 Å². The summed E-state index contributed by atoms with van der Waals surface area (Å²) in [6, 6.07) is 10.7. The van der Waals surface area contributed by atoms with Gasteiger partial charge in [-0.15, -0.1) is 0 Å². The van der Waals surface area contributed by atoms with Crippen molar-refractivity contribution in [2.24, 2.45) is 0 Å². The van der Waals surface area contributed by atoms with Crippen molar-refractivity contribution in [2.45, 2.75) is 26.8 Å². The second kappa shape index (κ2) is 6.46. The van der Waals surface area contributed by atoms with Crippen molar-refractivity contribution in [3.8, 4) is 0 Å². The third-order valence-electron chi connectivity index (χ3n) is 3.58. The highest BCUT2D eigenvalue weighted by atomic mass is 127. The minimum absolute atomic E-state index is 0.168. The van der Waals surface area contributed by atoms with Gasteiger partial charge in [0.25, 0.3) is 0 Å². The first-order valence-corrected chi connectivity index (χ1v) is 8.09. The minimum atomic E-state index is 0.168. The Morgan fingerprint density at radius 2 is 1.65 bits per heavy atom. The van der Waals surface area contributed by atoms with E-state index in [1.165, 1.54) is 31.4 Å². The molecule has 0 aliphatic heterocycles. The number of hydrogen-bond acceptors (Lipinski definition) is 1.